The fourth-order valence-electron chi connectivity index (χ4n) is 3.57. The molecule has 0 fully saturated rings. The lowest BCUT2D eigenvalue weighted by atomic mass is 9.90. The summed E-state index contributed by atoms with van der Waals surface area (Å²) in [6.45, 7) is 2.39. The van der Waals surface area contributed by atoms with Crippen molar-refractivity contribution < 1.29 is 4.74 Å². The van der Waals surface area contributed by atoms with E-state index in [1.807, 2.05) is 91.9 Å². The summed E-state index contributed by atoms with van der Waals surface area (Å²) in [5.41, 5.74) is 11.9. The molecule has 2 N–H and O–H groups in total. The summed E-state index contributed by atoms with van der Waals surface area (Å²) in [7, 11) is 0. The van der Waals surface area contributed by atoms with Gasteiger partial charge in [-0.25, -0.2) is 4.98 Å². The topological polar surface area (TPSA) is 71.9 Å². The van der Waals surface area contributed by atoms with Gasteiger partial charge >= 0.3 is 0 Å². The Kier molecular flexibility index (Phi) is 5.45. The number of nitrogens with zero attached hydrogens (tertiary/aromatic N) is 2. The molecule has 0 aliphatic rings. The van der Waals surface area contributed by atoms with Crippen LogP contribution >= 0.6 is 0 Å². The Bertz CT molecular complexity index is 1210. The van der Waals surface area contributed by atoms with E-state index in [0.29, 0.717) is 12.2 Å². The number of pyridine rings is 1. The molecule has 4 aromatic rings. The largest absolute Gasteiger partial charge is 0.489 e. The molecule has 146 valence electrons. The Labute approximate surface area is 176 Å². The Balaban J connectivity index is 1.81. The molecule has 0 aliphatic carbocycles. The van der Waals surface area contributed by atoms with Crippen LogP contribution in [0.5, 0.6) is 5.75 Å². The first-order valence-electron chi connectivity index (χ1n) is 9.70. The van der Waals surface area contributed by atoms with Gasteiger partial charge in [0, 0.05) is 16.8 Å². The van der Waals surface area contributed by atoms with E-state index >= 15 is 0 Å². The molecule has 0 saturated carbocycles. The fraction of sp³-hybridized carbons (Fsp3) is 0.0769. The molecule has 3 aromatic carbocycles. The molecule has 4 nitrogen and oxygen atoms in total. The summed E-state index contributed by atoms with van der Waals surface area (Å²) in [5, 5.41) is 9.84. The van der Waals surface area contributed by atoms with Gasteiger partial charge in [0.1, 0.15) is 29.8 Å². The predicted molar refractivity (Wildman–Crippen MR) is 120 cm³/mol. The molecule has 1 heterocycles. The molecule has 1 aromatic heterocycles. The molecule has 0 atom stereocenters. The highest BCUT2D eigenvalue weighted by atomic mass is 16.5. The molecule has 30 heavy (non-hydrogen) atoms. The van der Waals surface area contributed by atoms with Gasteiger partial charge < -0.3 is 10.5 Å². The fourth-order valence-corrected chi connectivity index (χ4v) is 3.57. The first-order valence-corrected chi connectivity index (χ1v) is 9.70. The van der Waals surface area contributed by atoms with Crippen LogP contribution in [0.2, 0.25) is 0 Å². The normalized spacial score (nSPS) is 10.4. The number of aromatic nitrogens is 1. The molecule has 0 amide bonds. The van der Waals surface area contributed by atoms with E-state index < -0.39 is 0 Å². The lowest BCUT2D eigenvalue weighted by Gasteiger charge is -2.17. The molecular formula is C26H21N3O. The minimum atomic E-state index is 0.236. The Morgan fingerprint density at radius 1 is 0.867 bits per heavy atom. The summed E-state index contributed by atoms with van der Waals surface area (Å²) >= 11 is 0. The zero-order chi connectivity index (χ0) is 20.9. The molecule has 0 unspecified atom stereocenters. The number of aryl methyl sites for hydroxylation is 1. The molecular weight excluding hydrogens is 370 g/mol. The second-order valence-corrected chi connectivity index (χ2v) is 6.99. The van der Waals surface area contributed by atoms with Crippen LogP contribution in [0, 0.1) is 18.3 Å². The highest BCUT2D eigenvalue weighted by Gasteiger charge is 2.19. The van der Waals surface area contributed by atoms with Crippen LogP contribution < -0.4 is 10.5 Å². The van der Waals surface area contributed by atoms with Crippen molar-refractivity contribution >= 4 is 5.82 Å². The number of nitrogens with two attached hydrogens (primary N) is 1. The van der Waals surface area contributed by atoms with Crippen LogP contribution in [0.15, 0.2) is 84.9 Å². The maximum absolute atomic E-state index is 9.84. The molecule has 4 heteroatoms. The van der Waals surface area contributed by atoms with Gasteiger partial charge in [-0.3, -0.25) is 0 Å². The van der Waals surface area contributed by atoms with Crippen LogP contribution in [0.3, 0.4) is 0 Å². The third kappa shape index (κ3) is 3.87. The first kappa shape index (κ1) is 19.2. The van der Waals surface area contributed by atoms with Gasteiger partial charge in [0.15, 0.2) is 0 Å². The lowest BCUT2D eigenvalue weighted by molar-refractivity contribution is 0.306. The van der Waals surface area contributed by atoms with Gasteiger partial charge in [-0.15, -0.1) is 0 Å². The Hall–Kier alpha value is -4.10. The third-order valence-corrected chi connectivity index (χ3v) is 4.95. The van der Waals surface area contributed by atoms with Crippen molar-refractivity contribution in [3.05, 3.63) is 102 Å². The molecule has 0 bridgehead atoms. The molecule has 0 radical (unpaired) electrons. The quantitative estimate of drug-likeness (QED) is 0.470. The smallest absolute Gasteiger partial charge is 0.142 e. The van der Waals surface area contributed by atoms with E-state index in [9.17, 15) is 5.26 Å². The van der Waals surface area contributed by atoms with Gasteiger partial charge in [-0.1, -0.05) is 72.8 Å². The summed E-state index contributed by atoms with van der Waals surface area (Å²) < 4.78 is 6.00. The summed E-state index contributed by atoms with van der Waals surface area (Å²) in [6, 6.07) is 30.0. The van der Waals surface area contributed by atoms with E-state index in [0.717, 1.165) is 39.3 Å². The average molecular weight is 391 g/mol. The highest BCUT2D eigenvalue weighted by molar-refractivity contribution is 5.91. The van der Waals surface area contributed by atoms with Crippen LogP contribution in [0.1, 0.15) is 16.8 Å². The number of anilines is 1. The summed E-state index contributed by atoms with van der Waals surface area (Å²) in [6.07, 6.45) is 0. The van der Waals surface area contributed by atoms with Crippen molar-refractivity contribution in [3.8, 4) is 34.1 Å². The number of rotatable bonds is 5. The van der Waals surface area contributed by atoms with E-state index in [2.05, 4.69) is 11.1 Å². The van der Waals surface area contributed by atoms with Gasteiger partial charge in [0.2, 0.25) is 0 Å². The highest BCUT2D eigenvalue weighted by Crippen LogP contribution is 2.39. The number of hydrogen-bond donors (Lipinski definition) is 1. The van der Waals surface area contributed by atoms with Gasteiger partial charge in [-0.05, 0) is 35.7 Å². The van der Waals surface area contributed by atoms with Crippen molar-refractivity contribution in [2.75, 3.05) is 5.73 Å². The SMILES string of the molecule is Cc1nc(N)c(C#N)c(-c2cccc(OCc3ccccc3)c2)c1-c1ccccc1. The van der Waals surface area contributed by atoms with Crippen LogP contribution in [-0.2, 0) is 6.61 Å². The molecule has 0 aliphatic heterocycles. The second kappa shape index (κ2) is 8.50. The zero-order valence-corrected chi connectivity index (χ0v) is 16.7. The van der Waals surface area contributed by atoms with Crippen LogP contribution in [0.25, 0.3) is 22.3 Å². The minimum Gasteiger partial charge on any atom is -0.489 e. The van der Waals surface area contributed by atoms with Gasteiger partial charge in [0.05, 0.1) is 0 Å². The van der Waals surface area contributed by atoms with Crippen molar-refractivity contribution in [1.29, 1.82) is 5.26 Å². The number of nitriles is 1. The maximum atomic E-state index is 9.84. The predicted octanol–water partition coefficient (Wildman–Crippen LogP) is 5.76. The maximum Gasteiger partial charge on any atom is 0.142 e. The van der Waals surface area contributed by atoms with Crippen molar-refractivity contribution in [2.45, 2.75) is 13.5 Å². The van der Waals surface area contributed by atoms with Crippen molar-refractivity contribution in [2.24, 2.45) is 0 Å². The first-order chi connectivity index (χ1) is 14.7. The van der Waals surface area contributed by atoms with E-state index in [1.54, 1.807) is 0 Å². The summed E-state index contributed by atoms with van der Waals surface area (Å²) in [4.78, 5) is 4.43. The monoisotopic (exact) mass is 391 g/mol. The average Bonchev–Trinajstić information content (AvgIpc) is 2.79. The molecule has 0 saturated heterocycles. The number of ether oxygens (including phenoxy) is 1. The van der Waals surface area contributed by atoms with E-state index in [-0.39, 0.29) is 5.82 Å². The van der Waals surface area contributed by atoms with Crippen LogP contribution in [0.4, 0.5) is 5.82 Å². The van der Waals surface area contributed by atoms with Gasteiger partial charge in [-0.2, -0.15) is 5.26 Å². The lowest BCUT2D eigenvalue weighted by Crippen LogP contribution is -2.03. The molecule has 0 spiro atoms. The Morgan fingerprint density at radius 2 is 1.53 bits per heavy atom. The van der Waals surface area contributed by atoms with Gasteiger partial charge in [0.25, 0.3) is 0 Å². The number of hydrogen-bond acceptors (Lipinski definition) is 4. The van der Waals surface area contributed by atoms with Crippen molar-refractivity contribution in [3.63, 3.8) is 0 Å². The van der Waals surface area contributed by atoms with E-state index in [1.165, 1.54) is 0 Å². The van der Waals surface area contributed by atoms with E-state index in [4.69, 9.17) is 10.5 Å². The Morgan fingerprint density at radius 3 is 2.23 bits per heavy atom. The second-order valence-electron chi connectivity index (χ2n) is 6.99. The summed E-state index contributed by atoms with van der Waals surface area (Å²) in [5.74, 6) is 0.965. The van der Waals surface area contributed by atoms with Crippen LogP contribution in [-0.4, -0.2) is 4.98 Å². The molecule has 4 rings (SSSR count). The van der Waals surface area contributed by atoms with Crippen molar-refractivity contribution in [1.82, 2.24) is 4.98 Å². The number of benzene rings is 3. The standard InChI is InChI=1S/C26H21N3O/c1-18-24(20-11-6-3-7-12-20)25(23(16-27)26(28)29-18)21-13-8-14-22(15-21)30-17-19-9-4-2-5-10-19/h2-15H,17H2,1H3,(H2,28,29). The minimum absolute atomic E-state index is 0.236. The zero-order valence-electron chi connectivity index (χ0n) is 16.7. The number of nitrogen functional groups attached to an aromatic ring is 1. The third-order valence-electron chi connectivity index (χ3n) is 4.95.